The fourth-order valence-electron chi connectivity index (χ4n) is 2.22. The molecule has 2 heterocycles. The van der Waals surface area contributed by atoms with E-state index in [0.717, 1.165) is 10.9 Å². The van der Waals surface area contributed by atoms with E-state index in [1.54, 1.807) is 12.1 Å². The summed E-state index contributed by atoms with van der Waals surface area (Å²) in [5.74, 6) is -1.69. The third-order valence-corrected chi connectivity index (χ3v) is 4.73. The van der Waals surface area contributed by atoms with E-state index < -0.39 is 23.7 Å². The zero-order valence-corrected chi connectivity index (χ0v) is 15.3. The molecule has 0 spiro atoms. The first-order valence-corrected chi connectivity index (χ1v) is 9.05. The molecule has 27 heavy (non-hydrogen) atoms. The quantitative estimate of drug-likeness (QED) is 0.562. The van der Waals surface area contributed by atoms with Crippen molar-refractivity contribution in [2.24, 2.45) is 0 Å². The molecule has 1 unspecified atom stereocenters. The van der Waals surface area contributed by atoms with Gasteiger partial charge in [0.05, 0.1) is 16.4 Å². The summed E-state index contributed by atoms with van der Waals surface area (Å²) in [6.07, 6.45) is -1.12. The van der Waals surface area contributed by atoms with Crippen molar-refractivity contribution < 1.29 is 23.5 Å². The second-order valence-corrected chi connectivity index (χ2v) is 6.84. The Morgan fingerprint density at radius 3 is 2.74 bits per heavy atom. The Kier molecular flexibility index (Phi) is 5.90. The predicted octanol–water partition coefficient (Wildman–Crippen LogP) is 3.59. The van der Waals surface area contributed by atoms with Crippen LogP contribution in [-0.4, -0.2) is 23.5 Å². The van der Waals surface area contributed by atoms with Gasteiger partial charge in [-0.15, -0.1) is 11.3 Å². The van der Waals surface area contributed by atoms with Gasteiger partial charge in [-0.1, -0.05) is 17.7 Å². The molecule has 3 N–H and O–H groups in total. The standard InChI is InChI=1S/C18H14ClFN2O4S/c19-11-8-10(3-4-12(11)20)22-18(25)17(24)21-9-13(23)14-5-6-15(26-14)16-2-1-7-27-16/h1-8,13,23H,9H2,(H,21,24)(H,22,25). The molecule has 0 radical (unpaired) electrons. The van der Waals surface area contributed by atoms with Gasteiger partial charge in [0.25, 0.3) is 0 Å². The Balaban J connectivity index is 1.53. The highest BCUT2D eigenvalue weighted by Crippen LogP contribution is 2.28. The van der Waals surface area contributed by atoms with Crippen LogP contribution in [0.2, 0.25) is 5.02 Å². The lowest BCUT2D eigenvalue weighted by Crippen LogP contribution is -2.37. The first-order valence-electron chi connectivity index (χ1n) is 7.80. The monoisotopic (exact) mass is 408 g/mol. The molecule has 6 nitrogen and oxygen atoms in total. The highest BCUT2D eigenvalue weighted by molar-refractivity contribution is 7.13. The number of carbonyl (C=O) groups excluding carboxylic acids is 2. The van der Waals surface area contributed by atoms with Crippen molar-refractivity contribution in [3.63, 3.8) is 0 Å². The second kappa shape index (κ2) is 8.34. The number of aliphatic hydroxyl groups is 1. The van der Waals surface area contributed by atoms with Gasteiger partial charge in [0.2, 0.25) is 0 Å². The molecule has 0 saturated heterocycles. The van der Waals surface area contributed by atoms with Crippen LogP contribution >= 0.6 is 22.9 Å². The lowest BCUT2D eigenvalue weighted by Gasteiger charge is -2.10. The van der Waals surface area contributed by atoms with Crippen LogP contribution < -0.4 is 10.6 Å². The molecule has 2 aromatic heterocycles. The molecule has 0 fully saturated rings. The normalized spacial score (nSPS) is 11.8. The maximum absolute atomic E-state index is 13.1. The molecule has 0 aliphatic carbocycles. The van der Waals surface area contributed by atoms with Gasteiger partial charge in [0.1, 0.15) is 23.4 Å². The zero-order chi connectivity index (χ0) is 19.4. The number of halogens is 2. The molecule has 3 rings (SSSR count). The number of benzene rings is 1. The maximum atomic E-state index is 13.1. The van der Waals surface area contributed by atoms with E-state index in [9.17, 15) is 19.1 Å². The van der Waals surface area contributed by atoms with E-state index in [4.69, 9.17) is 16.0 Å². The molecular weight excluding hydrogens is 395 g/mol. The average molecular weight is 409 g/mol. The van der Waals surface area contributed by atoms with Gasteiger partial charge in [-0.05, 0) is 41.8 Å². The van der Waals surface area contributed by atoms with Crippen molar-refractivity contribution in [2.75, 3.05) is 11.9 Å². The maximum Gasteiger partial charge on any atom is 0.313 e. The van der Waals surface area contributed by atoms with Crippen molar-refractivity contribution in [3.05, 3.63) is 64.4 Å². The van der Waals surface area contributed by atoms with Crippen LogP contribution in [0.4, 0.5) is 10.1 Å². The Morgan fingerprint density at radius 2 is 2.04 bits per heavy atom. The Hall–Kier alpha value is -2.68. The summed E-state index contributed by atoms with van der Waals surface area (Å²) in [5.41, 5.74) is 0.175. The zero-order valence-electron chi connectivity index (χ0n) is 13.7. The van der Waals surface area contributed by atoms with Crippen LogP contribution in [0.3, 0.4) is 0 Å². The van der Waals surface area contributed by atoms with Crippen molar-refractivity contribution >= 4 is 40.4 Å². The lowest BCUT2D eigenvalue weighted by atomic mass is 10.2. The number of furan rings is 1. The fraction of sp³-hybridized carbons (Fsp3) is 0.111. The van der Waals surface area contributed by atoms with Crippen LogP contribution in [-0.2, 0) is 9.59 Å². The number of amides is 2. The number of carbonyl (C=O) groups is 2. The highest BCUT2D eigenvalue weighted by atomic mass is 35.5. The van der Waals surface area contributed by atoms with Crippen LogP contribution in [0.15, 0.2) is 52.3 Å². The minimum Gasteiger partial charge on any atom is -0.457 e. The average Bonchev–Trinajstić information content (AvgIpc) is 3.33. The summed E-state index contributed by atoms with van der Waals surface area (Å²) in [6, 6.07) is 10.6. The molecule has 1 atom stereocenters. The summed E-state index contributed by atoms with van der Waals surface area (Å²) < 4.78 is 18.7. The van der Waals surface area contributed by atoms with Crippen LogP contribution in [0.1, 0.15) is 11.9 Å². The molecule has 0 aliphatic rings. The molecule has 0 saturated carbocycles. The Bertz CT molecular complexity index is 958. The number of anilines is 1. The minimum atomic E-state index is -1.12. The number of hydrogen-bond acceptors (Lipinski definition) is 5. The van der Waals surface area contributed by atoms with E-state index in [0.29, 0.717) is 5.76 Å². The number of thiophene rings is 1. The summed E-state index contributed by atoms with van der Waals surface area (Å²) in [4.78, 5) is 24.6. The molecule has 3 aromatic rings. The summed E-state index contributed by atoms with van der Waals surface area (Å²) in [6.45, 7) is -0.214. The van der Waals surface area contributed by atoms with Gasteiger partial charge >= 0.3 is 11.8 Å². The highest BCUT2D eigenvalue weighted by Gasteiger charge is 2.18. The SMILES string of the molecule is O=C(NCC(O)c1ccc(-c2cccs2)o1)C(=O)Nc1ccc(F)c(Cl)c1. The third kappa shape index (κ3) is 4.73. The molecule has 1 aromatic carbocycles. The van der Waals surface area contributed by atoms with Crippen LogP contribution in [0.25, 0.3) is 10.6 Å². The van der Waals surface area contributed by atoms with E-state index >= 15 is 0 Å². The van der Waals surface area contributed by atoms with E-state index in [2.05, 4.69) is 10.6 Å². The van der Waals surface area contributed by atoms with Crippen molar-refractivity contribution in [3.8, 4) is 10.6 Å². The largest absolute Gasteiger partial charge is 0.457 e. The van der Waals surface area contributed by atoms with Gasteiger partial charge in [0, 0.05) is 5.69 Å². The minimum absolute atomic E-state index is 0.175. The topological polar surface area (TPSA) is 91.6 Å². The third-order valence-electron chi connectivity index (χ3n) is 3.56. The predicted molar refractivity (Wildman–Crippen MR) is 100 cm³/mol. The van der Waals surface area contributed by atoms with E-state index in [-0.39, 0.29) is 23.0 Å². The number of aliphatic hydroxyl groups excluding tert-OH is 1. The van der Waals surface area contributed by atoms with Crippen LogP contribution in [0, 0.1) is 5.82 Å². The van der Waals surface area contributed by atoms with Gasteiger partial charge in [0.15, 0.2) is 0 Å². The van der Waals surface area contributed by atoms with Gasteiger partial charge in [-0.3, -0.25) is 9.59 Å². The number of nitrogens with one attached hydrogen (secondary N) is 2. The molecule has 0 aliphatic heterocycles. The van der Waals surface area contributed by atoms with Crippen molar-refractivity contribution in [1.29, 1.82) is 0 Å². The van der Waals surface area contributed by atoms with E-state index in [1.807, 2.05) is 17.5 Å². The van der Waals surface area contributed by atoms with Gasteiger partial charge in [-0.25, -0.2) is 4.39 Å². The van der Waals surface area contributed by atoms with Crippen molar-refractivity contribution in [1.82, 2.24) is 5.32 Å². The first kappa shape index (κ1) is 19.1. The smallest absolute Gasteiger partial charge is 0.313 e. The Morgan fingerprint density at radius 1 is 1.22 bits per heavy atom. The van der Waals surface area contributed by atoms with Crippen LogP contribution in [0.5, 0.6) is 0 Å². The summed E-state index contributed by atoms with van der Waals surface area (Å²) in [7, 11) is 0. The number of rotatable bonds is 5. The molecule has 0 bridgehead atoms. The molecular formula is C18H14ClFN2O4S. The number of hydrogen-bond donors (Lipinski definition) is 3. The van der Waals surface area contributed by atoms with Crippen molar-refractivity contribution in [2.45, 2.75) is 6.10 Å². The summed E-state index contributed by atoms with van der Waals surface area (Å²) in [5, 5.41) is 16.4. The fourth-order valence-corrected chi connectivity index (χ4v) is 3.08. The summed E-state index contributed by atoms with van der Waals surface area (Å²) >= 11 is 7.11. The molecule has 2 amide bonds. The van der Waals surface area contributed by atoms with Gasteiger partial charge in [-0.2, -0.15) is 0 Å². The second-order valence-electron chi connectivity index (χ2n) is 5.49. The molecule has 140 valence electrons. The van der Waals surface area contributed by atoms with E-state index in [1.165, 1.54) is 23.5 Å². The van der Waals surface area contributed by atoms with Gasteiger partial charge < -0.3 is 20.2 Å². The first-order chi connectivity index (χ1) is 12.9. The molecule has 9 heteroatoms. The lowest BCUT2D eigenvalue weighted by molar-refractivity contribution is -0.136. The Labute approximate surface area is 162 Å².